The van der Waals surface area contributed by atoms with Crippen molar-refractivity contribution in [2.45, 2.75) is 12.6 Å². The lowest BCUT2D eigenvalue weighted by atomic mass is 10.0. The molecule has 0 aliphatic carbocycles. The first-order valence-corrected chi connectivity index (χ1v) is 12.2. The van der Waals surface area contributed by atoms with Crippen LogP contribution in [0.3, 0.4) is 0 Å². The molecule has 0 spiro atoms. The van der Waals surface area contributed by atoms with E-state index in [1.807, 2.05) is 6.07 Å². The van der Waals surface area contributed by atoms with E-state index in [9.17, 15) is 18.0 Å². The molecular weight excluding hydrogens is 446 g/mol. The van der Waals surface area contributed by atoms with Crippen molar-refractivity contribution in [2.24, 2.45) is 0 Å². The number of carbonyl (C=O) groups is 2. The average molecular weight is 478 g/mol. The van der Waals surface area contributed by atoms with Crippen molar-refractivity contribution >= 4 is 21.8 Å². The lowest BCUT2D eigenvalue weighted by Crippen LogP contribution is -2.47. The number of nitrogens with zero attached hydrogens (tertiary/aromatic N) is 2. The third-order valence-electron chi connectivity index (χ3n) is 5.04. The number of rotatable bonds is 12. The number of hydrogen-bond donors (Lipinski definition) is 1. The summed E-state index contributed by atoms with van der Waals surface area (Å²) in [6, 6.07) is 15.0. The zero-order valence-corrected chi connectivity index (χ0v) is 20.2. The zero-order chi connectivity index (χ0) is 24.4. The fourth-order valence-electron chi connectivity index (χ4n) is 3.13. The summed E-state index contributed by atoms with van der Waals surface area (Å²) in [5.41, 5.74) is 1.37. The molecule has 2 aromatic rings. The van der Waals surface area contributed by atoms with Crippen LogP contribution in [0.25, 0.3) is 0 Å². The number of carbonyl (C=O) groups excluding carboxylic acids is 2. The minimum Gasteiger partial charge on any atom is -0.497 e. The molecule has 0 aliphatic rings. The molecule has 33 heavy (non-hydrogen) atoms. The Morgan fingerprint density at radius 3 is 2.21 bits per heavy atom. The third kappa shape index (κ3) is 7.85. The average Bonchev–Trinajstić information content (AvgIpc) is 2.79. The van der Waals surface area contributed by atoms with E-state index in [1.54, 1.807) is 55.6 Å². The van der Waals surface area contributed by atoms with Gasteiger partial charge in [0.25, 0.3) is 0 Å². The summed E-state index contributed by atoms with van der Waals surface area (Å²) in [5.74, 6) is -0.234. The molecule has 0 heterocycles. The molecule has 2 aromatic carbocycles. The van der Waals surface area contributed by atoms with Crippen LogP contribution in [-0.4, -0.2) is 76.7 Å². The standard InChI is InChI=1S/C23H31N3O6S/c1-25(33(4,29)30)17-21(27)26(16-18-10-12-20(32-3)13-11-18)22(19-8-6-5-7-9-19)23(28)24-14-15-31-2/h5-13,22H,14-17H2,1-4H3,(H,24,28)/t22-/m0/s1. The van der Waals surface area contributed by atoms with E-state index in [4.69, 9.17) is 9.47 Å². The van der Waals surface area contributed by atoms with E-state index in [0.29, 0.717) is 17.9 Å². The van der Waals surface area contributed by atoms with Gasteiger partial charge in [-0.2, -0.15) is 4.31 Å². The number of nitrogens with one attached hydrogen (secondary N) is 1. The highest BCUT2D eigenvalue weighted by molar-refractivity contribution is 7.88. The Kier molecular flexibility index (Phi) is 9.83. The second-order valence-electron chi connectivity index (χ2n) is 7.49. The molecule has 0 unspecified atom stereocenters. The number of methoxy groups -OCH3 is 2. The topological polar surface area (TPSA) is 105 Å². The lowest BCUT2D eigenvalue weighted by molar-refractivity contribution is -0.141. The summed E-state index contributed by atoms with van der Waals surface area (Å²) in [6.07, 6.45) is 1.03. The van der Waals surface area contributed by atoms with Crippen LogP contribution in [0.15, 0.2) is 54.6 Å². The molecule has 2 amide bonds. The molecule has 0 aliphatic heterocycles. The van der Waals surface area contributed by atoms with E-state index in [-0.39, 0.29) is 19.0 Å². The van der Waals surface area contributed by atoms with Gasteiger partial charge in [0.15, 0.2) is 0 Å². The van der Waals surface area contributed by atoms with Crippen LogP contribution in [0, 0.1) is 0 Å². The minimum atomic E-state index is -3.59. The summed E-state index contributed by atoms with van der Waals surface area (Å²) in [7, 11) is 0.825. The van der Waals surface area contributed by atoms with Crippen molar-refractivity contribution in [3.8, 4) is 5.75 Å². The second kappa shape index (κ2) is 12.3. The van der Waals surface area contributed by atoms with E-state index >= 15 is 0 Å². The molecule has 0 fully saturated rings. The summed E-state index contributed by atoms with van der Waals surface area (Å²) in [5, 5.41) is 2.80. The quantitative estimate of drug-likeness (QED) is 0.464. The monoisotopic (exact) mass is 477 g/mol. The highest BCUT2D eigenvalue weighted by Gasteiger charge is 2.32. The maximum absolute atomic E-state index is 13.4. The Morgan fingerprint density at radius 1 is 1.03 bits per heavy atom. The van der Waals surface area contributed by atoms with Crippen molar-refractivity contribution in [3.05, 3.63) is 65.7 Å². The van der Waals surface area contributed by atoms with Gasteiger partial charge < -0.3 is 19.7 Å². The van der Waals surface area contributed by atoms with Crippen LogP contribution in [0.4, 0.5) is 0 Å². The fraction of sp³-hybridized carbons (Fsp3) is 0.391. The van der Waals surface area contributed by atoms with Crippen molar-refractivity contribution in [3.63, 3.8) is 0 Å². The Hall–Kier alpha value is -2.95. The molecule has 0 aromatic heterocycles. The van der Waals surface area contributed by atoms with E-state index in [0.717, 1.165) is 16.1 Å². The highest BCUT2D eigenvalue weighted by Crippen LogP contribution is 2.25. The molecule has 0 bridgehead atoms. The van der Waals surface area contributed by atoms with Gasteiger partial charge in [0, 0.05) is 27.2 Å². The zero-order valence-electron chi connectivity index (χ0n) is 19.4. The Balaban J connectivity index is 2.45. The van der Waals surface area contributed by atoms with Crippen LogP contribution < -0.4 is 10.1 Å². The molecule has 10 heteroatoms. The van der Waals surface area contributed by atoms with E-state index in [2.05, 4.69) is 5.32 Å². The molecule has 1 N–H and O–H groups in total. The predicted octanol–water partition coefficient (Wildman–Crippen LogP) is 1.42. The van der Waals surface area contributed by atoms with Crippen LogP contribution in [0.2, 0.25) is 0 Å². The van der Waals surface area contributed by atoms with Gasteiger partial charge in [0.1, 0.15) is 11.8 Å². The summed E-state index contributed by atoms with van der Waals surface area (Å²) >= 11 is 0. The predicted molar refractivity (Wildman–Crippen MR) is 125 cm³/mol. The number of amides is 2. The summed E-state index contributed by atoms with van der Waals surface area (Å²) in [4.78, 5) is 28.0. The summed E-state index contributed by atoms with van der Waals surface area (Å²) in [6.45, 7) is 0.282. The largest absolute Gasteiger partial charge is 0.497 e. The van der Waals surface area contributed by atoms with E-state index in [1.165, 1.54) is 19.1 Å². The van der Waals surface area contributed by atoms with Crippen molar-refractivity contribution < 1.29 is 27.5 Å². The van der Waals surface area contributed by atoms with E-state index < -0.39 is 28.5 Å². The maximum Gasteiger partial charge on any atom is 0.247 e. The number of sulfonamides is 1. The van der Waals surface area contributed by atoms with Crippen LogP contribution in [0.1, 0.15) is 17.2 Å². The van der Waals surface area contributed by atoms with Crippen LogP contribution in [-0.2, 0) is 30.9 Å². The fourth-order valence-corrected chi connectivity index (χ4v) is 3.48. The van der Waals surface area contributed by atoms with Gasteiger partial charge in [-0.25, -0.2) is 8.42 Å². The molecule has 9 nitrogen and oxygen atoms in total. The smallest absolute Gasteiger partial charge is 0.247 e. The Bertz CT molecular complexity index is 1010. The third-order valence-corrected chi connectivity index (χ3v) is 6.30. The first-order valence-electron chi connectivity index (χ1n) is 10.3. The number of hydrogen-bond acceptors (Lipinski definition) is 6. The van der Waals surface area contributed by atoms with Gasteiger partial charge in [-0.05, 0) is 23.3 Å². The van der Waals surface area contributed by atoms with Crippen LogP contribution >= 0.6 is 0 Å². The van der Waals surface area contributed by atoms with Gasteiger partial charge in [-0.1, -0.05) is 42.5 Å². The molecule has 0 saturated heterocycles. The second-order valence-corrected chi connectivity index (χ2v) is 9.58. The van der Waals surface area contributed by atoms with Gasteiger partial charge in [-0.15, -0.1) is 0 Å². The van der Waals surface area contributed by atoms with Gasteiger partial charge in [0.2, 0.25) is 21.8 Å². The first kappa shape index (κ1) is 26.3. The Morgan fingerprint density at radius 2 is 1.67 bits per heavy atom. The van der Waals surface area contributed by atoms with Gasteiger partial charge >= 0.3 is 0 Å². The first-order chi connectivity index (χ1) is 15.7. The Labute approximate surface area is 195 Å². The molecule has 2 rings (SSSR count). The van der Waals surface area contributed by atoms with Crippen molar-refractivity contribution in [2.75, 3.05) is 47.2 Å². The number of likely N-dealkylation sites (N-methyl/N-ethyl adjacent to an activating group) is 1. The van der Waals surface area contributed by atoms with Crippen molar-refractivity contribution in [1.82, 2.24) is 14.5 Å². The van der Waals surface area contributed by atoms with Gasteiger partial charge in [-0.3, -0.25) is 9.59 Å². The summed E-state index contributed by atoms with van der Waals surface area (Å²) < 4.78 is 35.0. The SMILES string of the molecule is COCCNC(=O)[C@H](c1ccccc1)N(Cc1ccc(OC)cc1)C(=O)CN(C)S(C)(=O)=O. The molecular formula is C23H31N3O6S. The molecule has 0 saturated carbocycles. The highest BCUT2D eigenvalue weighted by atomic mass is 32.2. The maximum atomic E-state index is 13.4. The van der Waals surface area contributed by atoms with Crippen molar-refractivity contribution in [1.29, 1.82) is 0 Å². The normalized spacial score (nSPS) is 12.3. The minimum absolute atomic E-state index is 0.0949. The number of ether oxygens (including phenoxy) is 2. The molecule has 1 atom stereocenters. The van der Waals surface area contributed by atoms with Gasteiger partial charge in [0.05, 0.1) is 26.5 Å². The lowest BCUT2D eigenvalue weighted by Gasteiger charge is -2.32. The molecule has 180 valence electrons. The van der Waals surface area contributed by atoms with Crippen LogP contribution in [0.5, 0.6) is 5.75 Å². The number of benzene rings is 2. The molecule has 0 radical (unpaired) electrons.